The van der Waals surface area contributed by atoms with E-state index in [0.29, 0.717) is 11.3 Å². The molecule has 0 bridgehead atoms. The summed E-state index contributed by atoms with van der Waals surface area (Å²) in [6.07, 6.45) is 2.16. The van der Waals surface area contributed by atoms with E-state index in [1.165, 1.54) is 18.2 Å². The molecular weight excluding hydrogens is 532 g/mol. The molecule has 1 N–H and O–H groups in total. The third-order valence-electron chi connectivity index (χ3n) is 8.27. The predicted molar refractivity (Wildman–Crippen MR) is 164 cm³/mol. The van der Waals surface area contributed by atoms with Gasteiger partial charge in [-0.2, -0.15) is 18.4 Å². The van der Waals surface area contributed by atoms with E-state index in [1.807, 2.05) is 37.3 Å². The molecule has 0 saturated carbocycles. The molecule has 0 heterocycles. The fraction of sp³-hybridized carbons (Fsp3) is 0.294. The van der Waals surface area contributed by atoms with Gasteiger partial charge in [0.05, 0.1) is 23.3 Å². The van der Waals surface area contributed by atoms with Gasteiger partial charge in [0.2, 0.25) is 0 Å². The number of benzene rings is 4. The number of ether oxygens (including phenoxy) is 1. The Bertz CT molecular complexity index is 1790. The standard InChI is InChI=1S/C34H36N2O4S/c1-22-7-14-28(15-8-22)41(38,39)36-35-31(25-11-9-24-20-27(32(37)40-6)12-10-23(24)19-25)26-13-16-29-30(21-26)34(4,5)18-17-33(29,2)3/h7-16,19-21,36H,17-18H2,1-6H3/b35-31-. The minimum absolute atomic E-state index is 0.0267. The van der Waals surface area contributed by atoms with Crippen LogP contribution < -0.4 is 4.83 Å². The van der Waals surface area contributed by atoms with E-state index in [9.17, 15) is 13.2 Å². The average Bonchev–Trinajstić information content (AvgIpc) is 2.95. The van der Waals surface area contributed by atoms with Crippen LogP contribution >= 0.6 is 0 Å². The van der Waals surface area contributed by atoms with Crippen molar-refractivity contribution in [3.05, 3.63) is 112 Å². The molecule has 5 rings (SSSR count). The molecule has 41 heavy (non-hydrogen) atoms. The highest BCUT2D eigenvalue weighted by Crippen LogP contribution is 2.46. The van der Waals surface area contributed by atoms with Crippen molar-refractivity contribution in [1.29, 1.82) is 0 Å². The molecule has 1 aliphatic rings. The number of hydrogen-bond donors (Lipinski definition) is 1. The molecule has 7 heteroatoms. The quantitative estimate of drug-likeness (QED) is 0.154. The Balaban J connectivity index is 1.65. The van der Waals surface area contributed by atoms with Crippen molar-refractivity contribution in [2.45, 2.75) is 63.2 Å². The van der Waals surface area contributed by atoms with Crippen LogP contribution in [-0.4, -0.2) is 27.2 Å². The topological polar surface area (TPSA) is 84.8 Å². The van der Waals surface area contributed by atoms with Gasteiger partial charge in [0, 0.05) is 11.1 Å². The fourth-order valence-corrected chi connectivity index (χ4v) is 6.36. The van der Waals surface area contributed by atoms with E-state index >= 15 is 0 Å². The highest BCUT2D eigenvalue weighted by Gasteiger charge is 2.37. The third kappa shape index (κ3) is 5.64. The Labute approximate surface area is 242 Å². The maximum absolute atomic E-state index is 13.2. The van der Waals surface area contributed by atoms with E-state index in [1.54, 1.807) is 36.4 Å². The number of methoxy groups -OCH3 is 1. The fourth-order valence-electron chi connectivity index (χ4n) is 5.55. The summed E-state index contributed by atoms with van der Waals surface area (Å²) in [6.45, 7) is 11.0. The lowest BCUT2D eigenvalue weighted by atomic mass is 9.63. The van der Waals surface area contributed by atoms with Gasteiger partial charge in [-0.3, -0.25) is 0 Å². The van der Waals surface area contributed by atoms with Crippen LogP contribution in [0.3, 0.4) is 0 Å². The number of rotatable bonds is 6. The van der Waals surface area contributed by atoms with Crippen molar-refractivity contribution in [2.24, 2.45) is 5.10 Å². The Morgan fingerprint density at radius 3 is 1.93 bits per heavy atom. The van der Waals surface area contributed by atoms with Crippen LogP contribution in [0.4, 0.5) is 0 Å². The van der Waals surface area contributed by atoms with Gasteiger partial charge in [0.15, 0.2) is 0 Å². The lowest BCUT2D eigenvalue weighted by molar-refractivity contribution is 0.0601. The summed E-state index contributed by atoms with van der Waals surface area (Å²) in [4.78, 5) is 14.7. The van der Waals surface area contributed by atoms with Crippen molar-refractivity contribution in [1.82, 2.24) is 4.83 Å². The van der Waals surface area contributed by atoms with Crippen molar-refractivity contribution in [3.63, 3.8) is 0 Å². The zero-order valence-electron chi connectivity index (χ0n) is 24.4. The predicted octanol–water partition coefficient (Wildman–Crippen LogP) is 7.01. The lowest BCUT2D eigenvalue weighted by Crippen LogP contribution is -2.34. The summed E-state index contributed by atoms with van der Waals surface area (Å²) in [5, 5.41) is 6.30. The van der Waals surface area contributed by atoms with Gasteiger partial charge >= 0.3 is 5.97 Å². The van der Waals surface area contributed by atoms with E-state index in [-0.39, 0.29) is 15.7 Å². The molecule has 0 aromatic heterocycles. The molecule has 0 fully saturated rings. The maximum atomic E-state index is 13.2. The SMILES string of the molecule is COC(=O)c1ccc2cc(/C(=N/NS(=O)(=O)c3ccc(C)cc3)c3ccc4c(c3)C(C)(C)CCC4(C)C)ccc2c1. The number of esters is 1. The summed E-state index contributed by atoms with van der Waals surface area (Å²) < 4.78 is 31.3. The zero-order valence-corrected chi connectivity index (χ0v) is 25.2. The first-order valence-corrected chi connectivity index (χ1v) is 15.2. The number of sulfonamides is 1. The molecule has 0 unspecified atom stereocenters. The minimum atomic E-state index is -3.90. The second-order valence-corrected chi connectivity index (χ2v) is 13.8. The van der Waals surface area contributed by atoms with E-state index in [0.717, 1.165) is 40.3 Å². The smallest absolute Gasteiger partial charge is 0.337 e. The van der Waals surface area contributed by atoms with Crippen LogP contribution in [0.5, 0.6) is 0 Å². The number of carbonyl (C=O) groups is 1. The first kappa shape index (κ1) is 28.6. The number of nitrogens with one attached hydrogen (secondary N) is 1. The molecule has 4 aromatic carbocycles. The molecule has 212 valence electrons. The molecule has 0 radical (unpaired) electrons. The van der Waals surface area contributed by atoms with Crippen molar-refractivity contribution in [3.8, 4) is 0 Å². The van der Waals surface area contributed by atoms with Gasteiger partial charge in [-0.25, -0.2) is 4.79 Å². The number of carbonyl (C=O) groups excluding carboxylic acids is 1. The minimum Gasteiger partial charge on any atom is -0.465 e. The Kier molecular flexibility index (Phi) is 7.28. The van der Waals surface area contributed by atoms with Crippen molar-refractivity contribution < 1.29 is 17.9 Å². The molecule has 0 aliphatic heterocycles. The summed E-state index contributed by atoms with van der Waals surface area (Å²) in [5.74, 6) is -0.400. The zero-order chi connectivity index (χ0) is 29.6. The molecule has 6 nitrogen and oxygen atoms in total. The van der Waals surface area contributed by atoms with Gasteiger partial charge < -0.3 is 4.74 Å². The number of hydrogen-bond acceptors (Lipinski definition) is 5. The molecule has 0 atom stereocenters. The van der Waals surface area contributed by atoms with E-state index in [4.69, 9.17) is 4.74 Å². The molecule has 1 aliphatic carbocycles. The Morgan fingerprint density at radius 1 is 0.756 bits per heavy atom. The number of nitrogens with zero attached hydrogens (tertiary/aromatic N) is 1. The first-order chi connectivity index (χ1) is 19.3. The summed E-state index contributed by atoms with van der Waals surface area (Å²) in [6, 6.07) is 24.2. The van der Waals surface area contributed by atoms with Gasteiger partial charge in [0.25, 0.3) is 10.0 Å². The molecule has 0 amide bonds. The Hall–Kier alpha value is -3.97. The summed E-state index contributed by atoms with van der Waals surface area (Å²) in [7, 11) is -2.54. The van der Waals surface area contributed by atoms with Crippen LogP contribution in [0.25, 0.3) is 10.8 Å². The Morgan fingerprint density at radius 2 is 1.29 bits per heavy atom. The monoisotopic (exact) mass is 568 g/mol. The van der Waals surface area contributed by atoms with Gasteiger partial charge in [-0.05, 0) is 88.9 Å². The highest BCUT2D eigenvalue weighted by molar-refractivity contribution is 7.89. The third-order valence-corrected chi connectivity index (χ3v) is 9.49. The van der Waals surface area contributed by atoms with Crippen LogP contribution in [0.15, 0.2) is 88.9 Å². The summed E-state index contributed by atoms with van der Waals surface area (Å²) in [5.41, 5.74) is 6.12. The van der Waals surface area contributed by atoms with Gasteiger partial charge in [-0.1, -0.05) is 75.7 Å². The average molecular weight is 569 g/mol. The second kappa shape index (κ2) is 10.5. The maximum Gasteiger partial charge on any atom is 0.337 e. The molecular formula is C34H36N2O4S. The second-order valence-electron chi connectivity index (χ2n) is 12.2. The van der Waals surface area contributed by atoms with Crippen LogP contribution in [0, 0.1) is 6.92 Å². The largest absolute Gasteiger partial charge is 0.465 e. The highest BCUT2D eigenvalue weighted by atomic mass is 32.2. The van der Waals surface area contributed by atoms with Crippen molar-refractivity contribution >= 4 is 32.5 Å². The molecule has 0 saturated heterocycles. The number of hydrazone groups is 1. The van der Waals surface area contributed by atoms with Crippen LogP contribution in [0.1, 0.15) is 78.7 Å². The summed E-state index contributed by atoms with van der Waals surface area (Å²) >= 11 is 0. The van der Waals surface area contributed by atoms with E-state index < -0.39 is 16.0 Å². The van der Waals surface area contributed by atoms with Crippen LogP contribution in [-0.2, 0) is 25.6 Å². The lowest BCUT2D eigenvalue weighted by Gasteiger charge is -2.42. The van der Waals surface area contributed by atoms with Gasteiger partial charge in [-0.15, -0.1) is 0 Å². The van der Waals surface area contributed by atoms with Crippen LogP contribution in [0.2, 0.25) is 0 Å². The molecule has 0 spiro atoms. The van der Waals surface area contributed by atoms with E-state index in [2.05, 4.69) is 49.8 Å². The van der Waals surface area contributed by atoms with Gasteiger partial charge in [0.1, 0.15) is 0 Å². The number of fused-ring (bicyclic) bond motifs is 2. The normalized spacial score (nSPS) is 16.2. The number of aryl methyl sites for hydroxylation is 1. The first-order valence-electron chi connectivity index (χ1n) is 13.7. The van der Waals surface area contributed by atoms with Crippen molar-refractivity contribution in [2.75, 3.05) is 7.11 Å². The molecule has 4 aromatic rings.